The number of hydrogen-bond donors (Lipinski definition) is 0. The van der Waals surface area contributed by atoms with Crippen LogP contribution < -0.4 is 0 Å². The maximum Gasteiger partial charge on any atom is 0.346 e. The van der Waals surface area contributed by atoms with Crippen molar-refractivity contribution < 1.29 is 14.3 Å². The largest absolute Gasteiger partial charge is 0.463 e. The number of carbonyl (C=O) groups is 1. The van der Waals surface area contributed by atoms with Crippen LogP contribution in [0.25, 0.3) is 11.0 Å². The number of hydrogen-bond acceptors (Lipinski definition) is 6. The SMILES string of the molecule is CCOC(=O)C(N1CCOCC1)n1nnc2ccccc21. The minimum atomic E-state index is -0.596. The first kappa shape index (κ1) is 14.0. The summed E-state index contributed by atoms with van der Waals surface area (Å²) in [7, 11) is 0. The summed E-state index contributed by atoms with van der Waals surface area (Å²) in [5, 5.41) is 8.28. The summed E-state index contributed by atoms with van der Waals surface area (Å²) in [5.41, 5.74) is 1.59. The third-order valence-electron chi connectivity index (χ3n) is 3.50. The van der Waals surface area contributed by atoms with Crippen molar-refractivity contribution in [1.29, 1.82) is 0 Å². The summed E-state index contributed by atoms with van der Waals surface area (Å²) >= 11 is 0. The first-order valence-corrected chi connectivity index (χ1v) is 7.09. The highest BCUT2D eigenvalue weighted by Crippen LogP contribution is 2.21. The van der Waals surface area contributed by atoms with E-state index in [1.807, 2.05) is 29.2 Å². The molecule has 0 radical (unpaired) electrons. The molecule has 0 amide bonds. The van der Waals surface area contributed by atoms with Crippen LogP contribution in [0, 0.1) is 0 Å². The monoisotopic (exact) mass is 290 g/mol. The molecule has 1 saturated heterocycles. The number of benzene rings is 1. The molecule has 1 fully saturated rings. The van der Waals surface area contributed by atoms with Gasteiger partial charge in [0.1, 0.15) is 5.52 Å². The Morgan fingerprint density at radius 1 is 1.38 bits per heavy atom. The molecule has 7 heteroatoms. The van der Waals surface area contributed by atoms with E-state index in [0.29, 0.717) is 32.9 Å². The second kappa shape index (κ2) is 6.19. The number of morpholine rings is 1. The lowest BCUT2D eigenvalue weighted by atomic mass is 10.3. The van der Waals surface area contributed by atoms with Crippen molar-refractivity contribution in [2.75, 3.05) is 32.9 Å². The van der Waals surface area contributed by atoms with Crippen molar-refractivity contribution in [2.24, 2.45) is 0 Å². The molecule has 0 aliphatic carbocycles. The molecule has 3 rings (SSSR count). The van der Waals surface area contributed by atoms with Gasteiger partial charge in [0.05, 0.1) is 25.3 Å². The van der Waals surface area contributed by atoms with E-state index in [4.69, 9.17) is 9.47 Å². The Morgan fingerprint density at radius 3 is 2.90 bits per heavy atom. The van der Waals surface area contributed by atoms with E-state index >= 15 is 0 Å². The topological polar surface area (TPSA) is 69.5 Å². The van der Waals surface area contributed by atoms with Crippen LogP contribution in [0.1, 0.15) is 13.1 Å². The standard InChI is InChI=1S/C14H18N4O3/c1-2-21-14(19)13(17-7-9-20-10-8-17)18-12-6-4-3-5-11(12)15-16-18/h3-6,13H,2,7-10H2,1H3. The van der Waals surface area contributed by atoms with E-state index in [1.165, 1.54) is 0 Å². The van der Waals surface area contributed by atoms with Crippen LogP contribution in [0.5, 0.6) is 0 Å². The van der Waals surface area contributed by atoms with Crippen LogP contribution in [-0.4, -0.2) is 58.8 Å². The van der Waals surface area contributed by atoms with Crippen molar-refractivity contribution in [3.63, 3.8) is 0 Å². The molecule has 0 N–H and O–H groups in total. The summed E-state index contributed by atoms with van der Waals surface area (Å²) in [6, 6.07) is 7.58. The maximum absolute atomic E-state index is 12.4. The van der Waals surface area contributed by atoms with Crippen molar-refractivity contribution in [3.8, 4) is 0 Å². The highest BCUT2D eigenvalue weighted by atomic mass is 16.5. The smallest absolute Gasteiger partial charge is 0.346 e. The predicted molar refractivity (Wildman–Crippen MR) is 75.6 cm³/mol. The summed E-state index contributed by atoms with van der Waals surface area (Å²) < 4.78 is 12.2. The fraction of sp³-hybridized carbons (Fsp3) is 0.500. The quantitative estimate of drug-likeness (QED) is 0.777. The molecule has 1 atom stereocenters. The number of aromatic nitrogens is 3. The number of esters is 1. The third kappa shape index (κ3) is 2.74. The average Bonchev–Trinajstić information content (AvgIpc) is 2.93. The number of carbonyl (C=O) groups excluding carboxylic acids is 1. The lowest BCUT2D eigenvalue weighted by Gasteiger charge is -2.32. The van der Waals surface area contributed by atoms with Gasteiger partial charge in [0, 0.05) is 13.1 Å². The second-order valence-corrected chi connectivity index (χ2v) is 4.80. The molecular formula is C14H18N4O3. The van der Waals surface area contributed by atoms with Crippen molar-refractivity contribution in [2.45, 2.75) is 13.1 Å². The molecule has 1 unspecified atom stereocenters. The van der Waals surface area contributed by atoms with Gasteiger partial charge in [-0.3, -0.25) is 4.90 Å². The van der Waals surface area contributed by atoms with E-state index in [1.54, 1.807) is 11.6 Å². The Balaban J connectivity index is 1.99. The Morgan fingerprint density at radius 2 is 2.14 bits per heavy atom. The fourth-order valence-corrected chi connectivity index (χ4v) is 2.51. The van der Waals surface area contributed by atoms with E-state index in [-0.39, 0.29) is 5.97 Å². The van der Waals surface area contributed by atoms with E-state index in [9.17, 15) is 4.79 Å². The zero-order valence-electron chi connectivity index (χ0n) is 11.9. The number of nitrogens with zero attached hydrogens (tertiary/aromatic N) is 4. The number of para-hydroxylation sites is 1. The molecule has 1 aromatic heterocycles. The van der Waals surface area contributed by atoms with Crippen LogP contribution in [0.15, 0.2) is 24.3 Å². The van der Waals surface area contributed by atoms with E-state index in [2.05, 4.69) is 10.3 Å². The van der Waals surface area contributed by atoms with Gasteiger partial charge < -0.3 is 9.47 Å². The predicted octanol–water partition coefficient (Wildman–Crippen LogP) is 0.825. The van der Waals surface area contributed by atoms with Gasteiger partial charge >= 0.3 is 5.97 Å². The summed E-state index contributed by atoms with van der Waals surface area (Å²) in [5.74, 6) is -0.310. The Labute approximate surface area is 122 Å². The molecule has 7 nitrogen and oxygen atoms in total. The third-order valence-corrected chi connectivity index (χ3v) is 3.50. The molecule has 0 saturated carbocycles. The van der Waals surface area contributed by atoms with Crippen LogP contribution in [0.3, 0.4) is 0 Å². The summed E-state index contributed by atoms with van der Waals surface area (Å²) in [6.45, 7) is 4.67. The van der Waals surface area contributed by atoms with Gasteiger partial charge in [-0.2, -0.15) is 0 Å². The average molecular weight is 290 g/mol. The van der Waals surface area contributed by atoms with Gasteiger partial charge in [-0.05, 0) is 19.1 Å². The van der Waals surface area contributed by atoms with Gasteiger partial charge in [-0.25, -0.2) is 9.48 Å². The molecule has 21 heavy (non-hydrogen) atoms. The lowest BCUT2D eigenvalue weighted by molar-refractivity contribution is -0.156. The minimum Gasteiger partial charge on any atom is -0.463 e. The highest BCUT2D eigenvalue weighted by Gasteiger charge is 2.32. The number of ether oxygens (including phenoxy) is 2. The van der Waals surface area contributed by atoms with Gasteiger partial charge in [0.2, 0.25) is 6.17 Å². The van der Waals surface area contributed by atoms with Gasteiger partial charge in [-0.15, -0.1) is 5.10 Å². The fourth-order valence-electron chi connectivity index (χ4n) is 2.51. The van der Waals surface area contributed by atoms with Gasteiger partial charge in [-0.1, -0.05) is 17.3 Å². The zero-order valence-corrected chi connectivity index (χ0v) is 11.9. The second-order valence-electron chi connectivity index (χ2n) is 4.80. The summed E-state index contributed by atoms with van der Waals surface area (Å²) in [4.78, 5) is 14.4. The first-order valence-electron chi connectivity index (χ1n) is 7.09. The van der Waals surface area contributed by atoms with E-state index < -0.39 is 6.17 Å². The van der Waals surface area contributed by atoms with Gasteiger partial charge in [0.15, 0.2) is 0 Å². The zero-order chi connectivity index (χ0) is 14.7. The van der Waals surface area contributed by atoms with Crippen LogP contribution >= 0.6 is 0 Å². The molecule has 1 aliphatic heterocycles. The maximum atomic E-state index is 12.4. The first-order chi connectivity index (χ1) is 10.3. The molecular weight excluding hydrogens is 272 g/mol. The molecule has 112 valence electrons. The molecule has 0 bridgehead atoms. The molecule has 2 heterocycles. The molecule has 0 spiro atoms. The van der Waals surface area contributed by atoms with Crippen LogP contribution in [-0.2, 0) is 14.3 Å². The molecule has 1 aromatic carbocycles. The van der Waals surface area contributed by atoms with Crippen molar-refractivity contribution in [3.05, 3.63) is 24.3 Å². The lowest BCUT2D eigenvalue weighted by Crippen LogP contribution is -2.45. The Bertz CT molecular complexity index is 621. The van der Waals surface area contributed by atoms with Gasteiger partial charge in [0.25, 0.3) is 0 Å². The molecule has 1 aliphatic rings. The number of fused-ring (bicyclic) bond motifs is 1. The highest BCUT2D eigenvalue weighted by molar-refractivity contribution is 5.79. The Hall–Kier alpha value is -1.99. The number of rotatable bonds is 4. The Kier molecular flexibility index (Phi) is 4.12. The minimum absolute atomic E-state index is 0.310. The van der Waals surface area contributed by atoms with Crippen LogP contribution in [0.2, 0.25) is 0 Å². The van der Waals surface area contributed by atoms with Crippen molar-refractivity contribution >= 4 is 17.0 Å². The van der Waals surface area contributed by atoms with Crippen LogP contribution in [0.4, 0.5) is 0 Å². The molecule has 2 aromatic rings. The van der Waals surface area contributed by atoms with E-state index in [0.717, 1.165) is 11.0 Å². The normalized spacial score (nSPS) is 17.8. The summed E-state index contributed by atoms with van der Waals surface area (Å²) in [6.07, 6.45) is -0.596. The van der Waals surface area contributed by atoms with Crippen molar-refractivity contribution in [1.82, 2.24) is 19.9 Å².